The van der Waals surface area contributed by atoms with Gasteiger partial charge in [-0.1, -0.05) is 0 Å². The van der Waals surface area contributed by atoms with E-state index in [-0.39, 0.29) is 0 Å². The van der Waals surface area contributed by atoms with Gasteiger partial charge in [-0.25, -0.2) is 9.97 Å². The highest BCUT2D eigenvalue weighted by Crippen LogP contribution is 2.29. The average molecular weight is 262 g/mol. The van der Waals surface area contributed by atoms with Crippen LogP contribution in [0.3, 0.4) is 0 Å². The first kappa shape index (κ1) is 11.4. The van der Waals surface area contributed by atoms with Gasteiger partial charge in [0.25, 0.3) is 0 Å². The molecule has 1 fully saturated rings. The molecule has 1 aliphatic rings. The number of hydrogen-bond acceptors (Lipinski definition) is 6. The van der Waals surface area contributed by atoms with E-state index in [0.717, 1.165) is 29.0 Å². The molecule has 94 valence electrons. The summed E-state index contributed by atoms with van der Waals surface area (Å²) in [6.07, 6.45) is 3.09. The molecule has 0 amide bonds. The molecule has 0 spiro atoms. The monoisotopic (exact) mass is 262 g/mol. The fourth-order valence-electron chi connectivity index (χ4n) is 2.39. The smallest absolute Gasteiger partial charge is 0.140 e. The largest absolute Gasteiger partial charge is 0.550 e. The quantitative estimate of drug-likeness (QED) is 0.795. The third-order valence-electron chi connectivity index (χ3n) is 3.29. The number of hydrogen-bond donors (Lipinski definition) is 0. The molecule has 0 aromatic carbocycles. The molecule has 0 N–H and O–H groups in total. The van der Waals surface area contributed by atoms with E-state index >= 15 is 0 Å². The molecule has 2 aromatic rings. The first-order chi connectivity index (χ1) is 8.75. The zero-order valence-corrected chi connectivity index (χ0v) is 10.5. The molecule has 0 radical (unpaired) electrons. The number of anilines is 1. The van der Waals surface area contributed by atoms with E-state index < -0.39 is 11.9 Å². The molecule has 1 atom stereocenters. The van der Waals surface area contributed by atoms with Gasteiger partial charge in [-0.2, -0.15) is 0 Å². The number of aromatic nitrogens is 2. The Balaban J connectivity index is 1.94. The summed E-state index contributed by atoms with van der Waals surface area (Å²) in [7, 11) is 0. The number of carbonyl (C=O) groups excluding carboxylic acids is 1. The maximum Gasteiger partial charge on any atom is 0.140 e. The lowest BCUT2D eigenvalue weighted by Gasteiger charge is -2.34. The third kappa shape index (κ3) is 1.92. The minimum atomic E-state index is -0.963. The molecule has 0 unspecified atom stereocenters. The molecule has 0 bridgehead atoms. The summed E-state index contributed by atoms with van der Waals surface area (Å²) >= 11 is 1.57. The lowest BCUT2D eigenvalue weighted by atomic mass is 9.98. The first-order valence-electron chi connectivity index (χ1n) is 5.89. The van der Waals surface area contributed by atoms with Gasteiger partial charge in [-0.05, 0) is 24.3 Å². The van der Waals surface area contributed by atoms with Crippen molar-refractivity contribution in [2.45, 2.75) is 12.8 Å². The second-order valence-electron chi connectivity index (χ2n) is 4.44. The molecule has 0 saturated carbocycles. The van der Waals surface area contributed by atoms with Crippen LogP contribution in [0, 0.1) is 5.92 Å². The Bertz CT molecular complexity index is 583. The van der Waals surface area contributed by atoms with Crippen molar-refractivity contribution in [1.82, 2.24) is 9.97 Å². The Morgan fingerprint density at radius 2 is 2.39 bits per heavy atom. The van der Waals surface area contributed by atoms with Gasteiger partial charge < -0.3 is 14.8 Å². The number of carboxylic acids is 1. The van der Waals surface area contributed by atoms with Crippen molar-refractivity contribution in [3.05, 3.63) is 17.8 Å². The van der Waals surface area contributed by atoms with Crippen LogP contribution in [0.2, 0.25) is 0 Å². The SMILES string of the molecule is O=C([O-])[C@@H]1CCCN(c2ncnc3sccc23)C1. The summed E-state index contributed by atoms with van der Waals surface area (Å²) in [6.45, 7) is 1.32. The summed E-state index contributed by atoms with van der Waals surface area (Å²) in [5, 5.41) is 14.0. The number of thiophene rings is 1. The predicted octanol–water partition coefficient (Wildman–Crippen LogP) is 0.658. The zero-order chi connectivity index (χ0) is 12.5. The van der Waals surface area contributed by atoms with Crippen LogP contribution >= 0.6 is 11.3 Å². The van der Waals surface area contributed by atoms with Crippen molar-refractivity contribution >= 4 is 33.3 Å². The van der Waals surface area contributed by atoms with Crippen LogP contribution in [0.1, 0.15) is 12.8 Å². The number of nitrogens with zero attached hydrogens (tertiary/aromatic N) is 3. The Kier molecular flexibility index (Phi) is 2.87. The van der Waals surface area contributed by atoms with Crippen LogP contribution in [-0.4, -0.2) is 29.0 Å². The van der Waals surface area contributed by atoms with E-state index in [2.05, 4.69) is 9.97 Å². The number of fused-ring (bicyclic) bond motifs is 1. The molecule has 1 saturated heterocycles. The first-order valence-corrected chi connectivity index (χ1v) is 6.77. The number of aliphatic carboxylic acids is 1. The van der Waals surface area contributed by atoms with Crippen molar-refractivity contribution in [1.29, 1.82) is 0 Å². The molecular formula is C12H12N3O2S-. The van der Waals surface area contributed by atoms with Crippen molar-refractivity contribution in [2.24, 2.45) is 5.92 Å². The number of rotatable bonds is 2. The Morgan fingerprint density at radius 1 is 1.50 bits per heavy atom. The van der Waals surface area contributed by atoms with Gasteiger partial charge in [0, 0.05) is 25.0 Å². The van der Waals surface area contributed by atoms with Gasteiger partial charge in [-0.15, -0.1) is 11.3 Å². The van der Waals surface area contributed by atoms with E-state index in [0.29, 0.717) is 13.0 Å². The van der Waals surface area contributed by atoms with Crippen molar-refractivity contribution in [3.8, 4) is 0 Å². The molecule has 3 rings (SSSR count). The Hall–Kier alpha value is -1.69. The topological polar surface area (TPSA) is 69.2 Å². The normalized spacial score (nSPS) is 20.2. The van der Waals surface area contributed by atoms with Crippen LogP contribution in [0.25, 0.3) is 10.2 Å². The molecule has 5 nitrogen and oxygen atoms in total. The Morgan fingerprint density at radius 3 is 3.22 bits per heavy atom. The van der Waals surface area contributed by atoms with Gasteiger partial charge in [0.05, 0.1) is 5.39 Å². The number of carboxylic acid groups (broad SMARTS) is 1. The molecular weight excluding hydrogens is 250 g/mol. The van der Waals surface area contributed by atoms with E-state index in [9.17, 15) is 9.90 Å². The van der Waals surface area contributed by atoms with Gasteiger partial charge >= 0.3 is 0 Å². The highest BCUT2D eigenvalue weighted by molar-refractivity contribution is 7.16. The van der Waals surface area contributed by atoms with Crippen LogP contribution in [0.4, 0.5) is 5.82 Å². The van der Waals surface area contributed by atoms with Crippen LogP contribution in [0.5, 0.6) is 0 Å². The lowest BCUT2D eigenvalue weighted by Crippen LogP contribution is -2.44. The van der Waals surface area contributed by atoms with Gasteiger partial charge in [0.2, 0.25) is 0 Å². The van der Waals surface area contributed by atoms with E-state index in [1.807, 2.05) is 16.3 Å². The third-order valence-corrected chi connectivity index (χ3v) is 4.12. The zero-order valence-electron chi connectivity index (χ0n) is 9.70. The van der Waals surface area contributed by atoms with Crippen LogP contribution < -0.4 is 10.0 Å². The number of piperidine rings is 1. The lowest BCUT2D eigenvalue weighted by molar-refractivity contribution is -0.311. The standard InChI is InChI=1S/C12H13N3O2S/c16-12(17)8-2-1-4-15(6-8)10-9-3-5-18-11(9)14-7-13-10/h3,5,7-8H,1-2,4,6H2,(H,16,17)/p-1/t8-/m1/s1. The second-order valence-corrected chi connectivity index (χ2v) is 5.34. The van der Waals surface area contributed by atoms with Crippen LogP contribution in [0.15, 0.2) is 17.8 Å². The predicted molar refractivity (Wildman–Crippen MR) is 67.4 cm³/mol. The molecule has 6 heteroatoms. The summed E-state index contributed by atoms with van der Waals surface area (Å²) in [5.41, 5.74) is 0. The fraction of sp³-hybridized carbons (Fsp3) is 0.417. The minimum absolute atomic E-state index is 0.401. The maximum atomic E-state index is 11.0. The fourth-order valence-corrected chi connectivity index (χ4v) is 3.12. The molecule has 1 aliphatic heterocycles. The average Bonchev–Trinajstić information content (AvgIpc) is 2.87. The molecule has 2 aromatic heterocycles. The minimum Gasteiger partial charge on any atom is -0.550 e. The molecule has 3 heterocycles. The van der Waals surface area contributed by atoms with Gasteiger partial charge in [0.15, 0.2) is 0 Å². The van der Waals surface area contributed by atoms with Crippen molar-refractivity contribution in [2.75, 3.05) is 18.0 Å². The number of carbonyl (C=O) groups is 1. The second kappa shape index (κ2) is 4.53. The summed E-state index contributed by atoms with van der Waals surface area (Å²) in [5.74, 6) is -0.523. The highest BCUT2D eigenvalue weighted by atomic mass is 32.1. The Labute approximate surface area is 108 Å². The van der Waals surface area contributed by atoms with E-state index in [1.54, 1.807) is 11.3 Å². The molecule has 18 heavy (non-hydrogen) atoms. The van der Waals surface area contributed by atoms with E-state index in [4.69, 9.17) is 0 Å². The summed E-state index contributed by atoms with van der Waals surface area (Å²) in [4.78, 5) is 22.5. The van der Waals surface area contributed by atoms with Crippen molar-refractivity contribution in [3.63, 3.8) is 0 Å². The van der Waals surface area contributed by atoms with Crippen molar-refractivity contribution < 1.29 is 9.90 Å². The van der Waals surface area contributed by atoms with Gasteiger partial charge in [-0.3, -0.25) is 0 Å². The van der Waals surface area contributed by atoms with E-state index in [1.165, 1.54) is 6.33 Å². The van der Waals surface area contributed by atoms with Crippen LogP contribution in [-0.2, 0) is 4.79 Å². The summed E-state index contributed by atoms with van der Waals surface area (Å²) < 4.78 is 0. The maximum absolute atomic E-state index is 11.0. The highest BCUT2D eigenvalue weighted by Gasteiger charge is 2.23. The molecule has 0 aliphatic carbocycles. The summed E-state index contributed by atoms with van der Waals surface area (Å²) in [6, 6.07) is 1.98. The van der Waals surface area contributed by atoms with Gasteiger partial charge in [0.1, 0.15) is 17.0 Å².